The number of rotatable bonds is 4. The molecule has 0 radical (unpaired) electrons. The number of amides is 2. The van der Waals surface area contributed by atoms with Crippen LogP contribution in [0.4, 0.5) is 0 Å². The predicted molar refractivity (Wildman–Crippen MR) is 104 cm³/mol. The highest BCUT2D eigenvalue weighted by Crippen LogP contribution is 2.36. The van der Waals surface area contributed by atoms with Gasteiger partial charge in [0.2, 0.25) is 5.91 Å². The molecule has 2 fully saturated rings. The normalized spacial score (nSPS) is 22.3. The molecule has 0 spiro atoms. The van der Waals surface area contributed by atoms with Crippen molar-refractivity contribution in [3.8, 4) is 5.75 Å². The molecule has 28 heavy (non-hydrogen) atoms. The summed E-state index contributed by atoms with van der Waals surface area (Å²) in [7, 11) is 1.64. The fourth-order valence-corrected chi connectivity index (χ4v) is 4.33. The van der Waals surface area contributed by atoms with Crippen LogP contribution in [0.25, 0.3) is 0 Å². The van der Waals surface area contributed by atoms with E-state index in [-0.39, 0.29) is 23.7 Å². The Morgan fingerprint density at radius 3 is 2.57 bits per heavy atom. The Morgan fingerprint density at radius 1 is 1.04 bits per heavy atom. The van der Waals surface area contributed by atoms with Gasteiger partial charge >= 0.3 is 0 Å². The fraction of sp³-hybridized carbons (Fsp3) is 0.455. The highest BCUT2D eigenvalue weighted by atomic mass is 16.5. The van der Waals surface area contributed by atoms with Crippen LogP contribution in [-0.2, 0) is 4.79 Å². The van der Waals surface area contributed by atoms with Crippen molar-refractivity contribution < 1.29 is 18.7 Å². The van der Waals surface area contributed by atoms with E-state index >= 15 is 0 Å². The number of methoxy groups -OCH3 is 1. The second-order valence-electron chi connectivity index (χ2n) is 7.56. The molecule has 6 nitrogen and oxygen atoms in total. The summed E-state index contributed by atoms with van der Waals surface area (Å²) in [6, 6.07) is 11.2. The van der Waals surface area contributed by atoms with Gasteiger partial charge < -0.3 is 19.0 Å². The van der Waals surface area contributed by atoms with Crippen molar-refractivity contribution in [1.82, 2.24) is 9.80 Å². The number of ether oxygens (including phenoxy) is 1. The average molecular weight is 382 g/mol. The molecular formula is C22H26N2O4. The summed E-state index contributed by atoms with van der Waals surface area (Å²) in [6.07, 6.45) is 4.78. The summed E-state index contributed by atoms with van der Waals surface area (Å²) in [4.78, 5) is 29.9. The summed E-state index contributed by atoms with van der Waals surface area (Å²) >= 11 is 0. The van der Waals surface area contributed by atoms with Crippen molar-refractivity contribution in [2.45, 2.75) is 25.2 Å². The van der Waals surface area contributed by atoms with Gasteiger partial charge in [0.05, 0.1) is 19.3 Å². The Morgan fingerprint density at radius 2 is 1.86 bits per heavy atom. The molecule has 2 aliphatic rings. The first-order chi connectivity index (χ1) is 13.7. The first-order valence-corrected chi connectivity index (χ1v) is 9.93. The third-order valence-electron chi connectivity index (χ3n) is 5.85. The molecule has 4 rings (SSSR count). The fourth-order valence-electron chi connectivity index (χ4n) is 4.33. The van der Waals surface area contributed by atoms with Gasteiger partial charge in [0.15, 0.2) is 5.76 Å². The molecule has 6 heteroatoms. The summed E-state index contributed by atoms with van der Waals surface area (Å²) in [5, 5.41) is 0. The van der Waals surface area contributed by atoms with Crippen molar-refractivity contribution in [3.05, 3.63) is 54.0 Å². The van der Waals surface area contributed by atoms with Gasteiger partial charge in [-0.15, -0.1) is 0 Å². The average Bonchev–Trinajstić information content (AvgIpc) is 3.44. The van der Waals surface area contributed by atoms with Crippen LogP contribution in [0, 0.1) is 5.92 Å². The number of carbonyl (C=O) groups excluding carboxylic acids is 2. The van der Waals surface area contributed by atoms with Gasteiger partial charge in [-0.2, -0.15) is 0 Å². The zero-order valence-electron chi connectivity index (χ0n) is 16.2. The number of hydrogen-bond acceptors (Lipinski definition) is 4. The van der Waals surface area contributed by atoms with E-state index in [2.05, 4.69) is 0 Å². The second-order valence-corrected chi connectivity index (χ2v) is 7.56. The van der Waals surface area contributed by atoms with Crippen LogP contribution in [0.15, 0.2) is 47.1 Å². The Balaban J connectivity index is 1.61. The highest BCUT2D eigenvalue weighted by Gasteiger charge is 2.42. The second kappa shape index (κ2) is 8.09. The van der Waals surface area contributed by atoms with E-state index in [1.807, 2.05) is 29.2 Å². The van der Waals surface area contributed by atoms with Crippen molar-refractivity contribution in [1.29, 1.82) is 0 Å². The van der Waals surface area contributed by atoms with Gasteiger partial charge in [-0.05, 0) is 49.1 Å². The molecule has 2 aliphatic heterocycles. The zero-order chi connectivity index (χ0) is 19.5. The van der Waals surface area contributed by atoms with Crippen molar-refractivity contribution in [3.63, 3.8) is 0 Å². The molecule has 0 N–H and O–H groups in total. The lowest BCUT2D eigenvalue weighted by Gasteiger charge is -2.31. The van der Waals surface area contributed by atoms with Crippen molar-refractivity contribution in [2.24, 2.45) is 5.92 Å². The van der Waals surface area contributed by atoms with Gasteiger partial charge in [0.1, 0.15) is 5.75 Å². The van der Waals surface area contributed by atoms with Crippen LogP contribution >= 0.6 is 0 Å². The van der Waals surface area contributed by atoms with E-state index in [0.717, 1.165) is 37.2 Å². The van der Waals surface area contributed by atoms with E-state index in [1.165, 1.54) is 12.7 Å². The van der Waals surface area contributed by atoms with Crippen LogP contribution in [-0.4, -0.2) is 54.9 Å². The number of nitrogens with zero attached hydrogens (tertiary/aromatic N) is 2. The number of carbonyl (C=O) groups is 2. The standard InChI is InChI=1S/C22H26N2O4/c1-27-17-8-5-7-16(13-17)18-14-24(22(26)20-9-6-12-28-20)15-19(18)21(25)23-10-3-2-4-11-23/h5-9,12-13,18-19H,2-4,10-11,14-15H2,1H3/t18-,19-/m0/s1. The monoisotopic (exact) mass is 382 g/mol. The molecule has 0 aliphatic carbocycles. The Kier molecular flexibility index (Phi) is 5.37. The molecule has 2 saturated heterocycles. The van der Waals surface area contributed by atoms with Crippen molar-refractivity contribution >= 4 is 11.8 Å². The molecule has 3 heterocycles. The van der Waals surface area contributed by atoms with Gasteiger partial charge in [-0.1, -0.05) is 12.1 Å². The molecule has 2 aromatic rings. The first kappa shape index (κ1) is 18.6. The van der Waals surface area contributed by atoms with E-state index in [4.69, 9.17) is 9.15 Å². The summed E-state index contributed by atoms with van der Waals surface area (Å²) in [5.74, 6) is 0.773. The summed E-state index contributed by atoms with van der Waals surface area (Å²) < 4.78 is 10.7. The maximum absolute atomic E-state index is 13.3. The molecule has 2 amide bonds. The zero-order valence-corrected chi connectivity index (χ0v) is 16.2. The Bertz CT molecular complexity index is 827. The van der Waals surface area contributed by atoms with E-state index in [0.29, 0.717) is 18.8 Å². The maximum atomic E-state index is 13.3. The van der Waals surface area contributed by atoms with E-state index < -0.39 is 0 Å². The predicted octanol–water partition coefficient (Wildman–Crippen LogP) is 3.16. The number of likely N-dealkylation sites (tertiary alicyclic amines) is 2. The first-order valence-electron chi connectivity index (χ1n) is 9.93. The van der Waals surface area contributed by atoms with Crippen LogP contribution in [0.1, 0.15) is 41.3 Å². The number of hydrogen-bond donors (Lipinski definition) is 0. The lowest BCUT2D eigenvalue weighted by molar-refractivity contribution is -0.136. The molecule has 0 bridgehead atoms. The minimum absolute atomic E-state index is 0.0524. The number of piperidine rings is 1. The summed E-state index contributed by atoms with van der Waals surface area (Å²) in [5.41, 5.74) is 1.03. The third-order valence-corrected chi connectivity index (χ3v) is 5.85. The molecule has 1 aromatic carbocycles. The van der Waals surface area contributed by atoms with E-state index in [1.54, 1.807) is 24.1 Å². The minimum Gasteiger partial charge on any atom is -0.497 e. The molecular weight excluding hydrogens is 356 g/mol. The van der Waals surface area contributed by atoms with Crippen LogP contribution in [0.2, 0.25) is 0 Å². The largest absolute Gasteiger partial charge is 0.497 e. The van der Waals surface area contributed by atoms with E-state index in [9.17, 15) is 9.59 Å². The Labute approximate surface area is 165 Å². The van der Waals surface area contributed by atoms with Crippen LogP contribution in [0.5, 0.6) is 5.75 Å². The van der Waals surface area contributed by atoms with Gasteiger partial charge in [-0.3, -0.25) is 9.59 Å². The lowest BCUT2D eigenvalue weighted by atomic mass is 9.87. The molecule has 148 valence electrons. The number of benzene rings is 1. The van der Waals surface area contributed by atoms with Gasteiger partial charge in [0.25, 0.3) is 5.91 Å². The Hall–Kier alpha value is -2.76. The van der Waals surface area contributed by atoms with Crippen LogP contribution < -0.4 is 4.74 Å². The number of furan rings is 1. The molecule has 2 atom stereocenters. The molecule has 0 saturated carbocycles. The smallest absolute Gasteiger partial charge is 0.289 e. The SMILES string of the molecule is COc1cccc([C@@H]2CN(C(=O)c3ccco3)C[C@@H]2C(=O)N2CCCCC2)c1. The van der Waals surface area contributed by atoms with Gasteiger partial charge in [0, 0.05) is 32.1 Å². The minimum atomic E-state index is -0.246. The lowest BCUT2D eigenvalue weighted by Crippen LogP contribution is -2.42. The highest BCUT2D eigenvalue weighted by molar-refractivity contribution is 5.92. The topological polar surface area (TPSA) is 63.0 Å². The van der Waals surface area contributed by atoms with Crippen molar-refractivity contribution in [2.75, 3.05) is 33.3 Å². The molecule has 1 aromatic heterocycles. The maximum Gasteiger partial charge on any atom is 0.289 e. The quantitative estimate of drug-likeness (QED) is 0.815. The summed E-state index contributed by atoms with van der Waals surface area (Å²) in [6.45, 7) is 2.53. The van der Waals surface area contributed by atoms with Gasteiger partial charge in [-0.25, -0.2) is 0 Å². The third kappa shape index (κ3) is 3.63. The molecule has 0 unspecified atom stereocenters. The van der Waals surface area contributed by atoms with Crippen LogP contribution in [0.3, 0.4) is 0 Å².